The van der Waals surface area contributed by atoms with Crippen molar-refractivity contribution < 1.29 is 27.2 Å². The average molecular weight is 483 g/mol. The van der Waals surface area contributed by atoms with Gasteiger partial charge < -0.3 is 10.6 Å². The number of benzene rings is 3. The van der Waals surface area contributed by atoms with E-state index in [0.29, 0.717) is 21.2 Å². The van der Waals surface area contributed by atoms with E-state index in [4.69, 9.17) is 11.6 Å². The first-order chi connectivity index (χ1) is 15.2. The van der Waals surface area contributed by atoms with Gasteiger partial charge >= 0.3 is 0 Å². The van der Waals surface area contributed by atoms with Crippen molar-refractivity contribution in [2.75, 3.05) is 10.6 Å². The van der Waals surface area contributed by atoms with E-state index in [1.807, 2.05) is 5.32 Å². The summed E-state index contributed by atoms with van der Waals surface area (Å²) in [5, 5.41) is 4.10. The van der Waals surface area contributed by atoms with Crippen molar-refractivity contribution in [1.29, 1.82) is 0 Å². The van der Waals surface area contributed by atoms with Gasteiger partial charge in [-0.15, -0.1) is 11.8 Å². The van der Waals surface area contributed by atoms with Gasteiger partial charge in [-0.25, -0.2) is 17.6 Å². The average Bonchev–Trinajstić information content (AvgIpc) is 2.75. The van der Waals surface area contributed by atoms with Crippen LogP contribution in [0.1, 0.15) is 17.3 Å². The van der Waals surface area contributed by atoms with Crippen molar-refractivity contribution in [3.05, 3.63) is 88.5 Å². The van der Waals surface area contributed by atoms with Crippen molar-refractivity contribution in [2.45, 2.75) is 17.1 Å². The molecule has 3 aromatic carbocycles. The number of halogens is 5. The Balaban J connectivity index is 1.69. The van der Waals surface area contributed by atoms with E-state index in [9.17, 15) is 27.2 Å². The van der Waals surface area contributed by atoms with Crippen LogP contribution in [0.25, 0.3) is 0 Å². The molecule has 3 rings (SSSR count). The Kier molecular flexibility index (Phi) is 7.42. The molecule has 2 N–H and O–H groups in total. The number of carbonyl (C=O) groups excluding carboxylic acids is 2. The number of thioether (sulfide) groups is 1. The number of hydrogen-bond donors (Lipinski definition) is 2. The van der Waals surface area contributed by atoms with Crippen molar-refractivity contribution in [3.63, 3.8) is 0 Å². The Hall–Kier alpha value is -3.04. The molecule has 0 radical (unpaired) electrons. The number of rotatable bonds is 6. The molecule has 1 unspecified atom stereocenters. The molecular formula is C22H15ClF4N2O2S. The number of anilines is 2. The minimum absolute atomic E-state index is 0.0572. The molecule has 0 aliphatic rings. The minimum Gasteiger partial charge on any atom is -0.322 e. The van der Waals surface area contributed by atoms with Crippen LogP contribution in [-0.4, -0.2) is 17.1 Å². The molecule has 0 aromatic heterocycles. The molecule has 32 heavy (non-hydrogen) atoms. The smallest absolute Gasteiger partial charge is 0.255 e. The molecule has 0 saturated heterocycles. The summed E-state index contributed by atoms with van der Waals surface area (Å²) in [6, 6.07) is 13.0. The van der Waals surface area contributed by atoms with E-state index in [2.05, 4.69) is 5.32 Å². The normalized spacial score (nSPS) is 11.7. The lowest BCUT2D eigenvalue weighted by atomic mass is 10.2. The van der Waals surface area contributed by atoms with Gasteiger partial charge in [-0.2, -0.15) is 0 Å². The third-order valence-electron chi connectivity index (χ3n) is 4.22. The lowest BCUT2D eigenvalue weighted by molar-refractivity contribution is -0.115. The summed E-state index contributed by atoms with van der Waals surface area (Å²) in [7, 11) is 0. The Bertz CT molecular complexity index is 1170. The van der Waals surface area contributed by atoms with Gasteiger partial charge in [-0.1, -0.05) is 23.7 Å². The molecule has 0 heterocycles. The highest BCUT2D eigenvalue weighted by Gasteiger charge is 2.23. The zero-order valence-electron chi connectivity index (χ0n) is 16.4. The van der Waals surface area contributed by atoms with Crippen LogP contribution in [0.2, 0.25) is 5.02 Å². The first kappa shape index (κ1) is 23.6. The largest absolute Gasteiger partial charge is 0.322 e. The second kappa shape index (κ2) is 10.1. The lowest BCUT2D eigenvalue weighted by Gasteiger charge is -2.14. The van der Waals surface area contributed by atoms with E-state index >= 15 is 0 Å². The van der Waals surface area contributed by atoms with Gasteiger partial charge in [0.1, 0.15) is 5.69 Å². The number of amides is 2. The van der Waals surface area contributed by atoms with Crippen LogP contribution in [0.15, 0.2) is 59.5 Å². The van der Waals surface area contributed by atoms with Gasteiger partial charge in [0.2, 0.25) is 5.91 Å². The fraction of sp³-hybridized carbons (Fsp3) is 0.0909. The Labute approximate surface area is 190 Å². The van der Waals surface area contributed by atoms with Crippen molar-refractivity contribution in [1.82, 2.24) is 0 Å². The summed E-state index contributed by atoms with van der Waals surface area (Å²) in [5.74, 6) is -7.89. The van der Waals surface area contributed by atoms with Crippen LogP contribution in [-0.2, 0) is 4.79 Å². The van der Waals surface area contributed by atoms with Crippen LogP contribution in [0, 0.1) is 23.3 Å². The predicted octanol–water partition coefficient (Wildman–Crippen LogP) is 6.27. The molecule has 10 heteroatoms. The monoisotopic (exact) mass is 482 g/mol. The summed E-state index contributed by atoms with van der Waals surface area (Å²) < 4.78 is 54.2. The molecule has 0 aliphatic carbocycles. The van der Waals surface area contributed by atoms with Gasteiger partial charge in [-0.3, -0.25) is 9.59 Å². The SMILES string of the molecule is CC(Sc1cccc(NC(=O)c2cccc(Cl)c2)c1)C(=O)Nc1c(F)c(F)cc(F)c1F. The molecule has 0 bridgehead atoms. The van der Waals surface area contributed by atoms with Crippen molar-refractivity contribution in [3.8, 4) is 0 Å². The molecule has 166 valence electrons. The standard InChI is InChI=1S/C22H15ClF4N2O2S/c1-11(21(30)29-20-18(26)16(24)10-17(25)19(20)27)32-15-7-3-6-14(9-15)28-22(31)12-4-2-5-13(23)8-12/h2-11H,1H3,(H,28,31)(H,29,30). The van der Waals surface area contributed by atoms with Gasteiger partial charge in [-0.05, 0) is 43.3 Å². The van der Waals surface area contributed by atoms with Crippen LogP contribution < -0.4 is 10.6 Å². The number of hydrogen-bond acceptors (Lipinski definition) is 3. The summed E-state index contributed by atoms with van der Waals surface area (Å²) in [6.45, 7) is 1.45. The zero-order chi connectivity index (χ0) is 23.4. The maximum atomic E-state index is 13.8. The van der Waals surface area contributed by atoms with Crippen LogP contribution in [0.3, 0.4) is 0 Å². The van der Waals surface area contributed by atoms with Gasteiger partial charge in [0.15, 0.2) is 23.3 Å². The zero-order valence-corrected chi connectivity index (χ0v) is 18.0. The quantitative estimate of drug-likeness (QED) is 0.247. The van der Waals surface area contributed by atoms with Crippen LogP contribution >= 0.6 is 23.4 Å². The summed E-state index contributed by atoms with van der Waals surface area (Å²) in [6.07, 6.45) is 0. The Morgan fingerprint density at radius 1 is 0.906 bits per heavy atom. The van der Waals surface area contributed by atoms with Crippen LogP contribution in [0.4, 0.5) is 28.9 Å². The topological polar surface area (TPSA) is 58.2 Å². The fourth-order valence-electron chi connectivity index (χ4n) is 2.65. The van der Waals surface area contributed by atoms with Crippen LogP contribution in [0.5, 0.6) is 0 Å². The fourth-order valence-corrected chi connectivity index (χ4v) is 3.76. The lowest BCUT2D eigenvalue weighted by Crippen LogP contribution is -2.24. The second-order valence-electron chi connectivity index (χ2n) is 6.58. The first-order valence-electron chi connectivity index (χ1n) is 9.13. The van der Waals surface area contributed by atoms with Gasteiger partial charge in [0, 0.05) is 27.2 Å². The first-order valence-corrected chi connectivity index (χ1v) is 10.4. The minimum atomic E-state index is -1.69. The van der Waals surface area contributed by atoms with E-state index in [1.54, 1.807) is 42.5 Å². The molecule has 1 atom stereocenters. The third kappa shape index (κ3) is 5.60. The molecule has 2 amide bonds. The molecule has 0 fully saturated rings. The van der Waals surface area contributed by atoms with E-state index < -0.39 is 40.1 Å². The predicted molar refractivity (Wildman–Crippen MR) is 116 cm³/mol. The molecule has 0 spiro atoms. The third-order valence-corrected chi connectivity index (χ3v) is 5.55. The van der Waals surface area contributed by atoms with Gasteiger partial charge in [0.25, 0.3) is 5.91 Å². The van der Waals surface area contributed by atoms with Gasteiger partial charge in [0.05, 0.1) is 5.25 Å². The highest BCUT2D eigenvalue weighted by atomic mass is 35.5. The highest BCUT2D eigenvalue weighted by Crippen LogP contribution is 2.29. The summed E-state index contributed by atoms with van der Waals surface area (Å²) >= 11 is 6.90. The summed E-state index contributed by atoms with van der Waals surface area (Å²) in [5.41, 5.74) is -0.394. The summed E-state index contributed by atoms with van der Waals surface area (Å²) in [4.78, 5) is 25.2. The molecule has 4 nitrogen and oxygen atoms in total. The molecule has 0 aliphatic heterocycles. The number of carbonyl (C=O) groups is 2. The van der Waals surface area contributed by atoms with Crippen molar-refractivity contribution in [2.24, 2.45) is 0 Å². The molecule has 0 saturated carbocycles. The Morgan fingerprint density at radius 3 is 2.22 bits per heavy atom. The van der Waals surface area contributed by atoms with E-state index in [0.717, 1.165) is 11.8 Å². The molecule has 3 aromatic rings. The van der Waals surface area contributed by atoms with Crippen molar-refractivity contribution >= 4 is 46.6 Å². The maximum Gasteiger partial charge on any atom is 0.255 e. The highest BCUT2D eigenvalue weighted by molar-refractivity contribution is 8.00. The molecular weight excluding hydrogens is 468 g/mol. The van der Waals surface area contributed by atoms with E-state index in [1.165, 1.54) is 13.0 Å². The number of nitrogens with one attached hydrogen (secondary N) is 2. The maximum absolute atomic E-state index is 13.8. The Morgan fingerprint density at radius 2 is 1.56 bits per heavy atom. The van der Waals surface area contributed by atoms with E-state index in [-0.39, 0.29) is 12.0 Å². The second-order valence-corrected chi connectivity index (χ2v) is 8.44.